The summed E-state index contributed by atoms with van der Waals surface area (Å²) < 4.78 is 49.1. The van der Waals surface area contributed by atoms with E-state index in [1.165, 1.54) is 54.0 Å². The molecule has 1 atom stereocenters. The number of amides is 1. The average Bonchev–Trinajstić information content (AvgIpc) is 3.25. The van der Waals surface area contributed by atoms with E-state index >= 15 is 0 Å². The van der Waals surface area contributed by atoms with Gasteiger partial charge in [0.25, 0.3) is 5.91 Å². The Hall–Kier alpha value is -2.98. The van der Waals surface area contributed by atoms with Crippen LogP contribution in [0.3, 0.4) is 0 Å². The fourth-order valence-corrected chi connectivity index (χ4v) is 6.06. The van der Waals surface area contributed by atoms with Crippen molar-refractivity contribution >= 4 is 21.7 Å². The van der Waals surface area contributed by atoms with Crippen molar-refractivity contribution in [3.8, 4) is 11.5 Å². The Balaban J connectivity index is 1.94. The fourth-order valence-electron chi connectivity index (χ4n) is 3.83. The van der Waals surface area contributed by atoms with E-state index in [1.54, 1.807) is 0 Å². The largest absolute Gasteiger partial charge is 0.457 e. The number of benzene rings is 2. The maximum atomic E-state index is 13.6. The quantitative estimate of drug-likeness (QED) is 0.377. The summed E-state index contributed by atoms with van der Waals surface area (Å²) in [5, 5.41) is 9.10. The van der Waals surface area contributed by atoms with Gasteiger partial charge < -0.3 is 9.47 Å². The highest BCUT2D eigenvalue weighted by atomic mass is 32.2. The number of hydroxylamine groups is 1. The molecular formula is C21H22FNO7S. The molecule has 0 spiro atoms. The van der Waals surface area contributed by atoms with Crippen molar-refractivity contribution in [2.75, 3.05) is 0 Å². The second kappa shape index (κ2) is 9.03. The maximum Gasteiger partial charge on any atom is 0.303 e. The highest BCUT2D eigenvalue weighted by molar-refractivity contribution is 7.93. The summed E-state index contributed by atoms with van der Waals surface area (Å²) in [4.78, 5) is 23.7. The molecule has 1 aliphatic carbocycles. The van der Waals surface area contributed by atoms with E-state index in [0.717, 1.165) is 6.92 Å². The van der Waals surface area contributed by atoms with Crippen LogP contribution < -0.4 is 10.2 Å². The van der Waals surface area contributed by atoms with Gasteiger partial charge in [0.1, 0.15) is 22.1 Å². The van der Waals surface area contributed by atoms with Crippen LogP contribution in [0.25, 0.3) is 0 Å². The summed E-state index contributed by atoms with van der Waals surface area (Å²) in [6.45, 7) is 1.06. The minimum atomic E-state index is -4.15. The standard InChI is InChI=1S/C21H22FNO7S/c1-14(24)29-19(20(25)23-26)21(12-2-3-13-21)31(27,28)18-10-8-17(9-11-18)30-16-6-4-15(22)5-7-16/h4-11,19,26H,2-3,12-13H2,1H3,(H,23,25). The van der Waals surface area contributed by atoms with Crippen LogP contribution in [0.15, 0.2) is 53.4 Å². The summed E-state index contributed by atoms with van der Waals surface area (Å²) in [7, 11) is -4.15. The van der Waals surface area contributed by atoms with Gasteiger partial charge in [-0.25, -0.2) is 18.3 Å². The maximum absolute atomic E-state index is 13.6. The Morgan fingerprint density at radius 3 is 2.03 bits per heavy atom. The Morgan fingerprint density at radius 2 is 1.55 bits per heavy atom. The minimum Gasteiger partial charge on any atom is -0.457 e. The molecule has 166 valence electrons. The zero-order chi connectivity index (χ0) is 22.6. The monoisotopic (exact) mass is 451 g/mol. The average molecular weight is 451 g/mol. The molecule has 3 rings (SSSR count). The molecule has 31 heavy (non-hydrogen) atoms. The third-order valence-electron chi connectivity index (χ3n) is 5.28. The van der Waals surface area contributed by atoms with Gasteiger partial charge in [-0.2, -0.15) is 0 Å². The highest BCUT2D eigenvalue weighted by Crippen LogP contribution is 2.44. The zero-order valence-corrected chi connectivity index (χ0v) is 17.5. The van der Waals surface area contributed by atoms with E-state index in [4.69, 9.17) is 14.7 Å². The number of esters is 1. The van der Waals surface area contributed by atoms with Crippen molar-refractivity contribution in [3.63, 3.8) is 0 Å². The van der Waals surface area contributed by atoms with Crippen LogP contribution in [0.5, 0.6) is 11.5 Å². The molecule has 0 bridgehead atoms. The van der Waals surface area contributed by atoms with Gasteiger partial charge in [0, 0.05) is 6.92 Å². The van der Waals surface area contributed by atoms with E-state index in [9.17, 15) is 22.4 Å². The van der Waals surface area contributed by atoms with Crippen molar-refractivity contribution in [1.82, 2.24) is 5.48 Å². The third kappa shape index (κ3) is 4.54. The number of halogens is 1. The van der Waals surface area contributed by atoms with Crippen LogP contribution in [0, 0.1) is 5.82 Å². The van der Waals surface area contributed by atoms with Crippen LogP contribution in [-0.2, 0) is 24.2 Å². The number of carbonyl (C=O) groups excluding carboxylic acids is 2. The number of nitrogens with one attached hydrogen (secondary N) is 1. The van der Waals surface area contributed by atoms with Crippen molar-refractivity contribution in [2.24, 2.45) is 0 Å². The van der Waals surface area contributed by atoms with E-state index in [-0.39, 0.29) is 17.7 Å². The first kappa shape index (κ1) is 22.7. The van der Waals surface area contributed by atoms with Crippen LogP contribution in [0.1, 0.15) is 32.6 Å². The summed E-state index contributed by atoms with van der Waals surface area (Å²) in [6.07, 6.45) is -0.482. The van der Waals surface area contributed by atoms with Gasteiger partial charge in [0.15, 0.2) is 9.84 Å². The van der Waals surface area contributed by atoms with Gasteiger partial charge in [-0.15, -0.1) is 0 Å². The molecule has 8 nitrogen and oxygen atoms in total. The molecule has 0 heterocycles. The van der Waals surface area contributed by atoms with Crippen LogP contribution in [0.4, 0.5) is 4.39 Å². The van der Waals surface area contributed by atoms with E-state index in [0.29, 0.717) is 24.3 Å². The normalized spacial score (nSPS) is 16.4. The lowest BCUT2D eigenvalue weighted by molar-refractivity contribution is -0.159. The second-order valence-electron chi connectivity index (χ2n) is 7.27. The molecule has 0 aromatic heterocycles. The number of rotatable bonds is 7. The predicted molar refractivity (Wildman–Crippen MR) is 107 cm³/mol. The SMILES string of the molecule is CC(=O)OC(C(=O)NO)C1(S(=O)(=O)c2ccc(Oc3ccc(F)cc3)cc2)CCCC1. The number of sulfone groups is 1. The molecule has 1 fully saturated rings. The molecule has 0 saturated heterocycles. The lowest BCUT2D eigenvalue weighted by Gasteiger charge is -2.34. The number of hydrogen-bond acceptors (Lipinski definition) is 7. The topological polar surface area (TPSA) is 119 Å². The van der Waals surface area contributed by atoms with Gasteiger partial charge in [-0.05, 0) is 61.4 Å². The summed E-state index contributed by atoms with van der Waals surface area (Å²) in [5.74, 6) is -1.64. The predicted octanol–water partition coefficient (Wildman–Crippen LogP) is 3.14. The molecule has 1 amide bonds. The Morgan fingerprint density at radius 1 is 1.03 bits per heavy atom. The zero-order valence-electron chi connectivity index (χ0n) is 16.7. The Kier molecular flexibility index (Phi) is 6.61. The van der Waals surface area contributed by atoms with E-state index < -0.39 is 38.4 Å². The van der Waals surface area contributed by atoms with Gasteiger partial charge in [-0.1, -0.05) is 12.8 Å². The van der Waals surface area contributed by atoms with Crippen molar-refractivity contribution < 1.29 is 37.1 Å². The molecule has 0 radical (unpaired) electrons. The summed E-state index contributed by atoms with van der Waals surface area (Å²) >= 11 is 0. The van der Waals surface area contributed by atoms with Crippen LogP contribution >= 0.6 is 0 Å². The second-order valence-corrected chi connectivity index (χ2v) is 9.56. The molecular weight excluding hydrogens is 429 g/mol. The highest BCUT2D eigenvalue weighted by Gasteiger charge is 2.57. The van der Waals surface area contributed by atoms with Gasteiger partial charge in [0.05, 0.1) is 4.90 Å². The van der Waals surface area contributed by atoms with E-state index in [2.05, 4.69) is 0 Å². The third-order valence-corrected chi connectivity index (χ3v) is 7.86. The smallest absolute Gasteiger partial charge is 0.303 e. The van der Waals surface area contributed by atoms with Crippen LogP contribution in [-0.4, -0.2) is 36.4 Å². The first-order valence-corrected chi connectivity index (χ1v) is 11.1. The molecule has 0 aliphatic heterocycles. The summed E-state index contributed by atoms with van der Waals surface area (Å²) in [5.41, 5.74) is 1.41. The van der Waals surface area contributed by atoms with E-state index in [1.807, 2.05) is 0 Å². The lowest BCUT2D eigenvalue weighted by atomic mass is 9.98. The number of hydrogen-bond donors (Lipinski definition) is 2. The number of ether oxygens (including phenoxy) is 2. The molecule has 2 aromatic carbocycles. The first-order valence-electron chi connectivity index (χ1n) is 9.59. The van der Waals surface area contributed by atoms with Crippen molar-refractivity contribution in [1.29, 1.82) is 0 Å². The van der Waals surface area contributed by atoms with Crippen molar-refractivity contribution in [3.05, 3.63) is 54.3 Å². The molecule has 1 unspecified atom stereocenters. The first-order chi connectivity index (χ1) is 14.7. The minimum absolute atomic E-state index is 0.0799. The molecule has 2 N–H and O–H groups in total. The molecule has 1 saturated carbocycles. The van der Waals surface area contributed by atoms with Gasteiger partial charge in [0.2, 0.25) is 6.10 Å². The fraction of sp³-hybridized carbons (Fsp3) is 0.333. The van der Waals surface area contributed by atoms with Gasteiger partial charge >= 0.3 is 5.97 Å². The van der Waals surface area contributed by atoms with Crippen LogP contribution in [0.2, 0.25) is 0 Å². The van der Waals surface area contributed by atoms with Gasteiger partial charge in [-0.3, -0.25) is 14.8 Å². The molecule has 1 aliphatic rings. The summed E-state index contributed by atoms with van der Waals surface area (Å²) in [6, 6.07) is 10.9. The lowest BCUT2D eigenvalue weighted by Crippen LogP contribution is -2.55. The van der Waals surface area contributed by atoms with Crippen molar-refractivity contribution in [2.45, 2.75) is 48.4 Å². The Bertz CT molecular complexity index is 1050. The molecule has 10 heteroatoms. The Labute approximate surface area is 178 Å². The molecule has 2 aromatic rings. The number of carbonyl (C=O) groups is 2.